The van der Waals surface area contributed by atoms with Gasteiger partial charge in [0, 0.05) is 35.3 Å². The summed E-state index contributed by atoms with van der Waals surface area (Å²) in [4.78, 5) is 2.25. The second-order valence-corrected chi connectivity index (χ2v) is 5.20. The molecule has 0 bridgehead atoms. The highest BCUT2D eigenvalue weighted by atomic mass is 32.2. The Morgan fingerprint density at radius 2 is 2.38 bits per heavy atom. The number of aliphatic hydroxyl groups is 1. The predicted octanol–water partition coefficient (Wildman–Crippen LogP) is 2.26. The van der Waals surface area contributed by atoms with Gasteiger partial charge in [0.25, 0.3) is 0 Å². The van der Waals surface area contributed by atoms with Crippen LogP contribution in [0.5, 0.6) is 0 Å². The summed E-state index contributed by atoms with van der Waals surface area (Å²) in [5.41, 5.74) is 1.65. The predicted molar refractivity (Wildman–Crippen MR) is 66.5 cm³/mol. The average molecular weight is 241 g/mol. The van der Waals surface area contributed by atoms with Gasteiger partial charge in [-0.2, -0.15) is 11.8 Å². The van der Waals surface area contributed by atoms with Gasteiger partial charge in [0.1, 0.15) is 5.82 Å². The van der Waals surface area contributed by atoms with E-state index in [4.69, 9.17) is 0 Å². The van der Waals surface area contributed by atoms with Crippen molar-refractivity contribution in [1.82, 2.24) is 0 Å². The molecule has 1 fully saturated rings. The lowest BCUT2D eigenvalue weighted by Gasteiger charge is -2.36. The second kappa shape index (κ2) is 5.06. The van der Waals surface area contributed by atoms with E-state index in [0.717, 1.165) is 23.7 Å². The van der Waals surface area contributed by atoms with Crippen molar-refractivity contribution in [3.8, 4) is 0 Å². The second-order valence-electron chi connectivity index (χ2n) is 4.05. The Labute approximate surface area is 99.5 Å². The molecular weight excluding hydrogens is 225 g/mol. The minimum atomic E-state index is -0.285. The van der Waals surface area contributed by atoms with Crippen molar-refractivity contribution in [3.05, 3.63) is 29.6 Å². The molecule has 1 unspecified atom stereocenters. The number of thioether (sulfide) groups is 1. The lowest BCUT2D eigenvalue weighted by Crippen LogP contribution is -2.40. The van der Waals surface area contributed by atoms with E-state index >= 15 is 0 Å². The first kappa shape index (κ1) is 11.7. The zero-order chi connectivity index (χ0) is 11.5. The number of nitrogens with zero attached hydrogens (tertiary/aromatic N) is 1. The normalized spacial score (nSPS) is 21.2. The third-order valence-corrected chi connectivity index (χ3v) is 4.08. The molecule has 1 aliphatic heterocycles. The third-order valence-electron chi connectivity index (χ3n) is 2.89. The summed E-state index contributed by atoms with van der Waals surface area (Å²) >= 11 is 1.94. The molecule has 0 spiro atoms. The van der Waals surface area contributed by atoms with E-state index in [1.807, 2.05) is 11.8 Å². The maximum absolute atomic E-state index is 13.1. The maximum Gasteiger partial charge on any atom is 0.123 e. The molecule has 1 atom stereocenters. The van der Waals surface area contributed by atoms with Crippen molar-refractivity contribution in [1.29, 1.82) is 0 Å². The Morgan fingerprint density at radius 1 is 1.56 bits per heavy atom. The van der Waals surface area contributed by atoms with Crippen LogP contribution in [0.4, 0.5) is 10.1 Å². The highest BCUT2D eigenvalue weighted by Gasteiger charge is 2.21. The molecule has 2 rings (SSSR count). The fourth-order valence-corrected chi connectivity index (χ4v) is 3.06. The molecule has 4 heteroatoms. The van der Waals surface area contributed by atoms with E-state index in [2.05, 4.69) is 11.8 Å². The molecular formula is C12H16FNOS. The van der Waals surface area contributed by atoms with Gasteiger partial charge in [-0.3, -0.25) is 0 Å². The first-order valence-corrected chi connectivity index (χ1v) is 6.61. The van der Waals surface area contributed by atoms with Crippen LogP contribution in [0, 0.1) is 5.82 Å². The fourth-order valence-electron chi connectivity index (χ4n) is 2.05. The lowest BCUT2D eigenvalue weighted by molar-refractivity contribution is 0.281. The number of halogens is 1. The molecule has 0 aliphatic carbocycles. The number of aliphatic hydroxyl groups excluding tert-OH is 1. The first-order chi connectivity index (χ1) is 7.72. The average Bonchev–Trinajstić information content (AvgIpc) is 2.30. The summed E-state index contributed by atoms with van der Waals surface area (Å²) in [7, 11) is 0. The van der Waals surface area contributed by atoms with Crippen LogP contribution in [0.25, 0.3) is 0 Å². The van der Waals surface area contributed by atoms with Gasteiger partial charge in [-0.25, -0.2) is 4.39 Å². The van der Waals surface area contributed by atoms with Gasteiger partial charge < -0.3 is 10.0 Å². The van der Waals surface area contributed by atoms with Crippen molar-refractivity contribution in [3.63, 3.8) is 0 Å². The van der Waals surface area contributed by atoms with E-state index < -0.39 is 0 Å². The largest absolute Gasteiger partial charge is 0.392 e. The molecule has 1 heterocycles. The van der Waals surface area contributed by atoms with Crippen molar-refractivity contribution >= 4 is 17.4 Å². The zero-order valence-electron chi connectivity index (χ0n) is 9.32. The van der Waals surface area contributed by atoms with Crippen molar-refractivity contribution in [2.75, 3.05) is 23.0 Å². The Bertz CT molecular complexity index is 372. The SMILES string of the molecule is CC1CSCCN1c1ccc(F)cc1CO. The van der Waals surface area contributed by atoms with Gasteiger partial charge in [-0.1, -0.05) is 0 Å². The van der Waals surface area contributed by atoms with E-state index in [9.17, 15) is 9.50 Å². The number of hydrogen-bond acceptors (Lipinski definition) is 3. The van der Waals surface area contributed by atoms with Crippen LogP contribution in [0.15, 0.2) is 18.2 Å². The molecule has 1 aliphatic rings. The molecule has 0 saturated carbocycles. The van der Waals surface area contributed by atoms with Gasteiger partial charge in [0.05, 0.1) is 6.61 Å². The van der Waals surface area contributed by atoms with Gasteiger partial charge in [0.15, 0.2) is 0 Å². The number of anilines is 1. The maximum atomic E-state index is 13.1. The standard InChI is InChI=1S/C12H16FNOS/c1-9-8-16-5-4-14(9)12-3-2-11(13)6-10(12)7-15/h2-3,6,9,15H,4-5,7-8H2,1H3. The van der Waals surface area contributed by atoms with E-state index in [-0.39, 0.29) is 12.4 Å². The summed E-state index contributed by atoms with van der Waals surface area (Å²) in [6.45, 7) is 3.02. The topological polar surface area (TPSA) is 23.5 Å². The first-order valence-electron chi connectivity index (χ1n) is 5.46. The molecule has 1 saturated heterocycles. The summed E-state index contributed by atoms with van der Waals surface area (Å²) < 4.78 is 13.1. The molecule has 0 aromatic heterocycles. The van der Waals surface area contributed by atoms with Crippen LogP contribution in [0.1, 0.15) is 12.5 Å². The molecule has 1 aromatic carbocycles. The highest BCUT2D eigenvalue weighted by molar-refractivity contribution is 7.99. The number of hydrogen-bond donors (Lipinski definition) is 1. The van der Waals surface area contributed by atoms with Crippen LogP contribution in [0.2, 0.25) is 0 Å². The molecule has 16 heavy (non-hydrogen) atoms. The number of benzene rings is 1. The van der Waals surface area contributed by atoms with Gasteiger partial charge in [-0.05, 0) is 25.1 Å². The Morgan fingerprint density at radius 3 is 3.06 bits per heavy atom. The monoisotopic (exact) mass is 241 g/mol. The molecule has 2 nitrogen and oxygen atoms in total. The van der Waals surface area contributed by atoms with Crippen LogP contribution in [-0.4, -0.2) is 29.2 Å². The van der Waals surface area contributed by atoms with Crippen molar-refractivity contribution in [2.45, 2.75) is 19.6 Å². The smallest absolute Gasteiger partial charge is 0.123 e. The Hall–Kier alpha value is -0.740. The number of rotatable bonds is 2. The lowest BCUT2D eigenvalue weighted by atomic mass is 10.1. The molecule has 1 N–H and O–H groups in total. The van der Waals surface area contributed by atoms with E-state index in [0.29, 0.717) is 11.6 Å². The van der Waals surface area contributed by atoms with Crippen LogP contribution < -0.4 is 4.90 Å². The van der Waals surface area contributed by atoms with Crippen LogP contribution in [-0.2, 0) is 6.61 Å². The van der Waals surface area contributed by atoms with Crippen molar-refractivity contribution in [2.24, 2.45) is 0 Å². The molecule has 1 aromatic rings. The minimum absolute atomic E-state index is 0.108. The van der Waals surface area contributed by atoms with E-state index in [1.165, 1.54) is 12.1 Å². The zero-order valence-corrected chi connectivity index (χ0v) is 10.1. The third kappa shape index (κ3) is 2.33. The van der Waals surface area contributed by atoms with Gasteiger partial charge in [0.2, 0.25) is 0 Å². The molecule has 88 valence electrons. The minimum Gasteiger partial charge on any atom is -0.392 e. The quantitative estimate of drug-likeness (QED) is 0.859. The van der Waals surface area contributed by atoms with Crippen molar-refractivity contribution < 1.29 is 9.50 Å². The molecule has 0 amide bonds. The van der Waals surface area contributed by atoms with Gasteiger partial charge in [-0.15, -0.1) is 0 Å². The molecule has 0 radical (unpaired) electrons. The van der Waals surface area contributed by atoms with E-state index in [1.54, 1.807) is 6.07 Å². The summed E-state index contributed by atoms with van der Waals surface area (Å²) in [6.07, 6.45) is 0. The van der Waals surface area contributed by atoms with Crippen LogP contribution in [0.3, 0.4) is 0 Å². The highest BCUT2D eigenvalue weighted by Crippen LogP contribution is 2.27. The fraction of sp³-hybridized carbons (Fsp3) is 0.500. The van der Waals surface area contributed by atoms with Gasteiger partial charge >= 0.3 is 0 Å². The summed E-state index contributed by atoms with van der Waals surface area (Å²) in [5.74, 6) is 1.89. The Balaban J connectivity index is 2.30. The summed E-state index contributed by atoms with van der Waals surface area (Å²) in [5, 5.41) is 9.26. The van der Waals surface area contributed by atoms with Crippen LogP contribution >= 0.6 is 11.8 Å². The summed E-state index contributed by atoms with van der Waals surface area (Å²) in [6, 6.07) is 5.09. The Kier molecular flexibility index (Phi) is 3.71.